The second-order valence-corrected chi connectivity index (χ2v) is 5.88. The largest absolute Gasteiger partial charge is 0.351 e. The Bertz CT molecular complexity index is 673. The van der Waals surface area contributed by atoms with Gasteiger partial charge in [-0.05, 0) is 38.7 Å². The lowest BCUT2D eigenvalue weighted by atomic mass is 10.2. The molecule has 0 fully saturated rings. The Morgan fingerprint density at radius 2 is 1.96 bits per heavy atom. The molecule has 122 valence electrons. The number of amides is 1. The summed E-state index contributed by atoms with van der Waals surface area (Å²) in [5.41, 5.74) is 2.29. The van der Waals surface area contributed by atoms with E-state index in [2.05, 4.69) is 20.6 Å². The lowest BCUT2D eigenvalue weighted by Gasteiger charge is -2.11. The average molecular weight is 334 g/mol. The van der Waals surface area contributed by atoms with E-state index in [0.29, 0.717) is 23.1 Å². The molecule has 0 aliphatic heterocycles. The van der Waals surface area contributed by atoms with E-state index in [4.69, 9.17) is 11.6 Å². The quantitative estimate of drug-likeness (QED) is 0.850. The molecule has 0 unspecified atom stereocenters. The normalized spacial score (nSPS) is 10.7. The average Bonchev–Trinajstić information content (AvgIpc) is 2.51. The second-order valence-electron chi connectivity index (χ2n) is 5.44. The third kappa shape index (κ3) is 5.19. The predicted molar refractivity (Wildman–Crippen MR) is 92.4 cm³/mol. The minimum Gasteiger partial charge on any atom is -0.351 e. The van der Waals surface area contributed by atoms with Crippen LogP contribution in [0.3, 0.4) is 0 Å². The molecule has 1 amide bonds. The summed E-state index contributed by atoms with van der Waals surface area (Å²) in [5.74, 6) is 0.234. The first-order valence-corrected chi connectivity index (χ1v) is 7.61. The zero-order valence-electron chi connectivity index (χ0n) is 13.4. The highest BCUT2D eigenvalue weighted by atomic mass is 35.5. The molecular formula is C16H20ClN5O. The van der Waals surface area contributed by atoms with Gasteiger partial charge in [-0.3, -0.25) is 4.79 Å². The van der Waals surface area contributed by atoms with Gasteiger partial charge >= 0.3 is 0 Å². The van der Waals surface area contributed by atoms with Crippen LogP contribution in [-0.4, -0.2) is 48.0 Å². The van der Waals surface area contributed by atoms with Crippen molar-refractivity contribution < 1.29 is 4.79 Å². The van der Waals surface area contributed by atoms with Gasteiger partial charge in [0.25, 0.3) is 5.91 Å². The van der Waals surface area contributed by atoms with E-state index in [1.54, 1.807) is 0 Å². The summed E-state index contributed by atoms with van der Waals surface area (Å²) >= 11 is 5.98. The van der Waals surface area contributed by atoms with Crippen molar-refractivity contribution in [3.8, 4) is 0 Å². The minimum absolute atomic E-state index is 0.183. The van der Waals surface area contributed by atoms with Crippen LogP contribution in [0.5, 0.6) is 0 Å². The fraction of sp³-hybridized carbons (Fsp3) is 0.312. The van der Waals surface area contributed by atoms with Gasteiger partial charge < -0.3 is 15.5 Å². The number of carbonyl (C=O) groups is 1. The van der Waals surface area contributed by atoms with Crippen molar-refractivity contribution in [1.29, 1.82) is 0 Å². The molecule has 2 aromatic rings. The molecule has 0 aliphatic rings. The summed E-state index contributed by atoms with van der Waals surface area (Å²) in [6.45, 7) is 3.32. The molecule has 2 N–H and O–H groups in total. The van der Waals surface area contributed by atoms with Crippen molar-refractivity contribution in [3.63, 3.8) is 0 Å². The van der Waals surface area contributed by atoms with Crippen LogP contribution >= 0.6 is 11.6 Å². The van der Waals surface area contributed by atoms with Crippen molar-refractivity contribution in [1.82, 2.24) is 20.2 Å². The highest BCUT2D eigenvalue weighted by molar-refractivity contribution is 6.30. The number of likely N-dealkylation sites (N-methyl/N-ethyl adjacent to an activating group) is 1. The van der Waals surface area contributed by atoms with Crippen LogP contribution in [0.2, 0.25) is 5.02 Å². The number of nitrogens with one attached hydrogen (secondary N) is 2. The van der Waals surface area contributed by atoms with Crippen LogP contribution in [0.15, 0.2) is 30.6 Å². The molecule has 0 atom stereocenters. The van der Waals surface area contributed by atoms with Crippen molar-refractivity contribution in [2.45, 2.75) is 6.92 Å². The number of anilines is 2. The molecule has 0 saturated heterocycles. The SMILES string of the molecule is Cc1ccc(Cl)cc1Nc1ncc(C(=O)NCCN(C)C)cn1. The molecule has 0 bridgehead atoms. The first kappa shape index (κ1) is 17.2. The summed E-state index contributed by atoms with van der Waals surface area (Å²) in [4.78, 5) is 22.3. The Morgan fingerprint density at radius 3 is 2.61 bits per heavy atom. The fourth-order valence-corrected chi connectivity index (χ4v) is 2.03. The third-order valence-corrected chi connectivity index (χ3v) is 3.44. The van der Waals surface area contributed by atoms with Gasteiger partial charge in [0.15, 0.2) is 0 Å². The number of aryl methyl sites for hydroxylation is 1. The van der Waals surface area contributed by atoms with Gasteiger partial charge in [-0.25, -0.2) is 9.97 Å². The van der Waals surface area contributed by atoms with Gasteiger partial charge in [0.2, 0.25) is 5.95 Å². The monoisotopic (exact) mass is 333 g/mol. The number of rotatable bonds is 6. The second kappa shape index (κ2) is 7.89. The summed E-state index contributed by atoms with van der Waals surface area (Å²) in [5, 5.41) is 6.54. The van der Waals surface area contributed by atoms with Gasteiger partial charge in [0.1, 0.15) is 0 Å². The maximum atomic E-state index is 11.9. The summed E-state index contributed by atoms with van der Waals surface area (Å²) < 4.78 is 0. The van der Waals surface area contributed by atoms with Gasteiger partial charge in [0.05, 0.1) is 5.56 Å². The van der Waals surface area contributed by atoms with E-state index in [1.165, 1.54) is 12.4 Å². The molecule has 2 rings (SSSR count). The maximum Gasteiger partial charge on any atom is 0.254 e. The highest BCUT2D eigenvalue weighted by Crippen LogP contribution is 2.22. The van der Waals surface area contributed by atoms with Gasteiger partial charge in [-0.1, -0.05) is 17.7 Å². The van der Waals surface area contributed by atoms with Gasteiger partial charge in [-0.2, -0.15) is 0 Å². The van der Waals surface area contributed by atoms with E-state index in [-0.39, 0.29) is 5.91 Å². The zero-order valence-corrected chi connectivity index (χ0v) is 14.2. The lowest BCUT2D eigenvalue weighted by Crippen LogP contribution is -2.31. The van der Waals surface area contributed by atoms with Crippen LogP contribution in [-0.2, 0) is 0 Å². The molecule has 1 heterocycles. The molecule has 0 aliphatic carbocycles. The fourth-order valence-electron chi connectivity index (χ4n) is 1.85. The molecule has 1 aromatic heterocycles. The molecule has 0 spiro atoms. The van der Waals surface area contributed by atoms with Crippen LogP contribution in [0.1, 0.15) is 15.9 Å². The number of hydrogen-bond acceptors (Lipinski definition) is 5. The van der Waals surface area contributed by atoms with E-state index in [0.717, 1.165) is 17.8 Å². The predicted octanol–water partition coefficient (Wildman–Crippen LogP) is 2.47. The van der Waals surface area contributed by atoms with Crippen LogP contribution in [0, 0.1) is 6.92 Å². The smallest absolute Gasteiger partial charge is 0.254 e. The summed E-state index contributed by atoms with van der Waals surface area (Å²) in [6.07, 6.45) is 3.00. The van der Waals surface area contributed by atoms with Crippen molar-refractivity contribution in [2.75, 3.05) is 32.5 Å². The number of halogens is 1. The molecule has 6 nitrogen and oxygen atoms in total. The minimum atomic E-state index is -0.183. The summed E-state index contributed by atoms with van der Waals surface area (Å²) in [7, 11) is 3.90. The van der Waals surface area contributed by atoms with Crippen molar-refractivity contribution in [2.24, 2.45) is 0 Å². The van der Waals surface area contributed by atoms with Crippen LogP contribution in [0.25, 0.3) is 0 Å². The van der Waals surface area contributed by atoms with E-state index < -0.39 is 0 Å². The number of carbonyl (C=O) groups excluding carboxylic acids is 1. The van der Waals surface area contributed by atoms with E-state index >= 15 is 0 Å². The molecule has 0 radical (unpaired) electrons. The molecule has 0 saturated carbocycles. The van der Waals surface area contributed by atoms with Gasteiger partial charge in [-0.15, -0.1) is 0 Å². The Kier molecular flexibility index (Phi) is 5.90. The van der Waals surface area contributed by atoms with Crippen LogP contribution in [0.4, 0.5) is 11.6 Å². The number of aromatic nitrogens is 2. The molecule has 23 heavy (non-hydrogen) atoms. The molecular weight excluding hydrogens is 314 g/mol. The van der Waals surface area contributed by atoms with Crippen LogP contribution < -0.4 is 10.6 Å². The van der Waals surface area contributed by atoms with E-state index in [9.17, 15) is 4.79 Å². The third-order valence-electron chi connectivity index (χ3n) is 3.20. The highest BCUT2D eigenvalue weighted by Gasteiger charge is 2.08. The summed E-state index contributed by atoms with van der Waals surface area (Å²) in [6, 6.07) is 5.55. The van der Waals surface area contributed by atoms with Gasteiger partial charge in [0, 0.05) is 36.2 Å². The number of benzene rings is 1. The van der Waals surface area contributed by atoms with Crippen molar-refractivity contribution in [3.05, 3.63) is 46.7 Å². The Labute approximate surface area is 140 Å². The lowest BCUT2D eigenvalue weighted by molar-refractivity contribution is 0.0950. The zero-order chi connectivity index (χ0) is 16.8. The number of hydrogen-bond donors (Lipinski definition) is 2. The Balaban J connectivity index is 1.99. The van der Waals surface area contributed by atoms with E-state index in [1.807, 2.05) is 44.1 Å². The standard InChI is InChI=1S/C16H20ClN5O/c1-11-4-5-13(17)8-14(11)21-16-19-9-12(10-20-16)15(23)18-6-7-22(2)3/h4-5,8-10H,6-7H2,1-3H3,(H,18,23)(H,19,20,21). The first-order chi connectivity index (χ1) is 11.0. The number of nitrogens with zero attached hydrogens (tertiary/aromatic N) is 3. The Hall–Kier alpha value is -2.18. The Morgan fingerprint density at radius 1 is 1.26 bits per heavy atom. The molecule has 7 heteroatoms. The maximum absolute atomic E-state index is 11.9. The van der Waals surface area contributed by atoms with Crippen molar-refractivity contribution >= 4 is 29.1 Å². The first-order valence-electron chi connectivity index (χ1n) is 7.24. The topological polar surface area (TPSA) is 70.2 Å². The molecule has 1 aromatic carbocycles.